The second kappa shape index (κ2) is 11.8. The maximum absolute atomic E-state index is 13.2. The standard InChI is InChI=1S/C30H25F3N2O4S/c31-30(32,33)39-23-12-10-20(11-13-23)25-7-1-2-8-26(25)28(36)34-21-5-3-6-24(19-21)38-22-14-16-35(17-15-22)29(37)27-9-4-18-40-27/h1-13,18-19,22H,14-17H2,(H,34,36). The Morgan fingerprint density at radius 1 is 0.875 bits per heavy atom. The van der Waals surface area contributed by atoms with Crippen LogP contribution in [0, 0.1) is 0 Å². The zero-order chi connectivity index (χ0) is 28.1. The van der Waals surface area contributed by atoms with Gasteiger partial charge in [-0.25, -0.2) is 0 Å². The molecule has 1 aromatic heterocycles. The van der Waals surface area contributed by atoms with Gasteiger partial charge in [-0.3, -0.25) is 9.59 Å². The summed E-state index contributed by atoms with van der Waals surface area (Å²) in [7, 11) is 0. The molecular weight excluding hydrogens is 541 g/mol. The van der Waals surface area contributed by atoms with Gasteiger partial charge in [0.1, 0.15) is 17.6 Å². The molecule has 3 aromatic carbocycles. The molecule has 6 nitrogen and oxygen atoms in total. The smallest absolute Gasteiger partial charge is 0.490 e. The molecular formula is C30H25F3N2O4S. The highest BCUT2D eigenvalue weighted by Gasteiger charge is 2.31. The fraction of sp³-hybridized carbons (Fsp3) is 0.200. The van der Waals surface area contributed by atoms with E-state index in [1.54, 1.807) is 42.5 Å². The number of anilines is 1. The van der Waals surface area contributed by atoms with Crippen LogP contribution in [0.3, 0.4) is 0 Å². The number of piperidine rings is 1. The molecule has 2 heterocycles. The second-order valence-corrected chi connectivity index (χ2v) is 10.1. The molecule has 0 atom stereocenters. The predicted molar refractivity (Wildman–Crippen MR) is 147 cm³/mol. The van der Waals surface area contributed by atoms with Gasteiger partial charge in [0.25, 0.3) is 11.8 Å². The molecule has 40 heavy (non-hydrogen) atoms. The number of rotatable bonds is 7. The third-order valence-electron chi connectivity index (χ3n) is 6.43. The number of carbonyl (C=O) groups excluding carboxylic acids is 2. The molecule has 0 radical (unpaired) electrons. The highest BCUT2D eigenvalue weighted by molar-refractivity contribution is 7.12. The maximum Gasteiger partial charge on any atom is 0.573 e. The Hall–Kier alpha value is -4.31. The van der Waals surface area contributed by atoms with Crippen molar-refractivity contribution in [2.75, 3.05) is 18.4 Å². The number of nitrogens with one attached hydrogen (secondary N) is 1. The molecule has 1 N–H and O–H groups in total. The van der Waals surface area contributed by atoms with Crippen molar-refractivity contribution in [3.63, 3.8) is 0 Å². The van der Waals surface area contributed by atoms with Crippen molar-refractivity contribution in [1.82, 2.24) is 4.90 Å². The molecule has 10 heteroatoms. The molecule has 0 bridgehead atoms. The third-order valence-corrected chi connectivity index (χ3v) is 7.28. The van der Waals surface area contributed by atoms with Gasteiger partial charge in [0.05, 0.1) is 4.88 Å². The van der Waals surface area contributed by atoms with E-state index in [2.05, 4.69) is 10.1 Å². The molecule has 1 aliphatic heterocycles. The molecule has 1 saturated heterocycles. The van der Waals surface area contributed by atoms with E-state index >= 15 is 0 Å². The number of amides is 2. The Labute approximate surface area is 233 Å². The molecule has 5 rings (SSSR count). The van der Waals surface area contributed by atoms with E-state index < -0.39 is 6.36 Å². The summed E-state index contributed by atoms with van der Waals surface area (Å²) in [6, 6.07) is 23.0. The van der Waals surface area contributed by atoms with Crippen LogP contribution in [-0.4, -0.2) is 42.3 Å². The van der Waals surface area contributed by atoms with Crippen molar-refractivity contribution in [2.45, 2.75) is 25.3 Å². The largest absolute Gasteiger partial charge is 0.573 e. The van der Waals surface area contributed by atoms with E-state index in [1.807, 2.05) is 28.5 Å². The summed E-state index contributed by atoms with van der Waals surface area (Å²) in [6.45, 7) is 1.22. The Morgan fingerprint density at radius 2 is 1.62 bits per heavy atom. The summed E-state index contributed by atoms with van der Waals surface area (Å²) in [4.78, 5) is 28.4. The van der Waals surface area contributed by atoms with Crippen LogP contribution in [0.15, 0.2) is 90.3 Å². The summed E-state index contributed by atoms with van der Waals surface area (Å²) < 4.78 is 47.6. The molecule has 2 amide bonds. The van der Waals surface area contributed by atoms with Crippen LogP contribution in [0.5, 0.6) is 11.5 Å². The lowest BCUT2D eigenvalue weighted by Gasteiger charge is -2.32. The lowest BCUT2D eigenvalue weighted by atomic mass is 9.99. The number of benzene rings is 3. The minimum absolute atomic E-state index is 0.0454. The van der Waals surface area contributed by atoms with Gasteiger partial charge in [-0.1, -0.05) is 42.5 Å². The van der Waals surface area contributed by atoms with Crippen LogP contribution in [0.1, 0.15) is 32.9 Å². The Balaban J connectivity index is 1.21. The summed E-state index contributed by atoms with van der Waals surface area (Å²) in [5, 5.41) is 4.77. The Morgan fingerprint density at radius 3 is 2.33 bits per heavy atom. The number of likely N-dealkylation sites (tertiary alicyclic amines) is 1. The summed E-state index contributed by atoms with van der Waals surface area (Å²) in [6.07, 6.45) is -3.43. The number of alkyl halides is 3. The first-order chi connectivity index (χ1) is 19.2. The number of carbonyl (C=O) groups is 2. The van der Waals surface area contributed by atoms with E-state index in [-0.39, 0.29) is 23.7 Å². The van der Waals surface area contributed by atoms with Crippen molar-refractivity contribution in [3.05, 3.63) is 101 Å². The average molecular weight is 567 g/mol. The number of hydrogen-bond donors (Lipinski definition) is 1. The van der Waals surface area contributed by atoms with Gasteiger partial charge in [-0.05, 0) is 52.9 Å². The lowest BCUT2D eigenvalue weighted by molar-refractivity contribution is -0.274. The minimum Gasteiger partial charge on any atom is -0.490 e. The number of thiophene rings is 1. The maximum atomic E-state index is 13.2. The van der Waals surface area contributed by atoms with Gasteiger partial charge in [0.2, 0.25) is 0 Å². The number of nitrogens with zero attached hydrogens (tertiary/aromatic N) is 1. The lowest BCUT2D eigenvalue weighted by Crippen LogP contribution is -2.41. The topological polar surface area (TPSA) is 67.9 Å². The van der Waals surface area contributed by atoms with E-state index in [0.717, 1.165) is 4.88 Å². The van der Waals surface area contributed by atoms with Crippen molar-refractivity contribution in [1.29, 1.82) is 0 Å². The average Bonchev–Trinajstić information content (AvgIpc) is 3.48. The first-order valence-electron chi connectivity index (χ1n) is 12.6. The SMILES string of the molecule is O=C(Nc1cccc(OC2CCN(C(=O)c3cccs3)CC2)c1)c1ccccc1-c1ccc(OC(F)(F)F)cc1. The van der Waals surface area contributed by atoms with Crippen molar-refractivity contribution in [3.8, 4) is 22.6 Å². The van der Waals surface area contributed by atoms with Crippen LogP contribution < -0.4 is 14.8 Å². The predicted octanol–water partition coefficient (Wildman–Crippen LogP) is 7.25. The number of ether oxygens (including phenoxy) is 2. The molecule has 0 saturated carbocycles. The van der Waals surface area contributed by atoms with Crippen molar-refractivity contribution >= 4 is 28.8 Å². The van der Waals surface area contributed by atoms with Crippen LogP contribution in [0.4, 0.5) is 18.9 Å². The van der Waals surface area contributed by atoms with Crippen LogP contribution in [0.2, 0.25) is 0 Å². The third kappa shape index (κ3) is 6.81. The molecule has 0 spiro atoms. The first-order valence-corrected chi connectivity index (χ1v) is 13.5. The highest BCUT2D eigenvalue weighted by atomic mass is 32.1. The van der Waals surface area contributed by atoms with Crippen molar-refractivity contribution in [2.24, 2.45) is 0 Å². The molecule has 0 unspecified atom stereocenters. The van der Waals surface area contributed by atoms with Crippen LogP contribution >= 0.6 is 11.3 Å². The molecule has 1 aliphatic rings. The quantitative estimate of drug-likeness (QED) is 0.256. The fourth-order valence-corrected chi connectivity index (χ4v) is 5.23. The van der Waals surface area contributed by atoms with E-state index in [9.17, 15) is 22.8 Å². The van der Waals surface area contributed by atoms with E-state index in [1.165, 1.54) is 35.6 Å². The summed E-state index contributed by atoms with van der Waals surface area (Å²) >= 11 is 1.44. The summed E-state index contributed by atoms with van der Waals surface area (Å²) in [5.41, 5.74) is 2.04. The van der Waals surface area contributed by atoms with Gasteiger partial charge in [-0.2, -0.15) is 0 Å². The van der Waals surface area contributed by atoms with Crippen LogP contribution in [-0.2, 0) is 0 Å². The molecule has 206 valence electrons. The Bertz CT molecular complexity index is 1470. The Kier molecular flexibility index (Phi) is 8.06. The second-order valence-electron chi connectivity index (χ2n) is 9.19. The summed E-state index contributed by atoms with van der Waals surface area (Å²) in [5.74, 6) is -0.0584. The van der Waals surface area contributed by atoms with Gasteiger partial charge < -0.3 is 19.7 Å². The fourth-order valence-electron chi connectivity index (χ4n) is 4.54. The molecule has 0 aliphatic carbocycles. The zero-order valence-corrected chi connectivity index (χ0v) is 22.0. The molecule has 1 fully saturated rings. The zero-order valence-electron chi connectivity index (χ0n) is 21.2. The monoisotopic (exact) mass is 566 g/mol. The highest BCUT2D eigenvalue weighted by Crippen LogP contribution is 2.30. The first kappa shape index (κ1) is 27.3. The van der Waals surface area contributed by atoms with E-state index in [4.69, 9.17) is 4.74 Å². The number of hydrogen-bond acceptors (Lipinski definition) is 5. The van der Waals surface area contributed by atoms with Gasteiger partial charge in [0.15, 0.2) is 0 Å². The van der Waals surface area contributed by atoms with Gasteiger partial charge >= 0.3 is 6.36 Å². The van der Waals surface area contributed by atoms with Gasteiger partial charge in [0, 0.05) is 43.2 Å². The van der Waals surface area contributed by atoms with Crippen LogP contribution in [0.25, 0.3) is 11.1 Å². The van der Waals surface area contributed by atoms with E-state index in [0.29, 0.717) is 54.1 Å². The molecule has 4 aromatic rings. The minimum atomic E-state index is -4.78. The van der Waals surface area contributed by atoms with Gasteiger partial charge in [-0.15, -0.1) is 24.5 Å². The number of halogens is 3. The normalized spacial score (nSPS) is 14.0. The van der Waals surface area contributed by atoms with Crippen molar-refractivity contribution < 1.29 is 32.2 Å².